The van der Waals surface area contributed by atoms with E-state index in [0.717, 1.165) is 19.3 Å². The predicted octanol–water partition coefficient (Wildman–Crippen LogP) is 4.57. The highest BCUT2D eigenvalue weighted by molar-refractivity contribution is 6.42. The molecule has 3 rings (SSSR count). The van der Waals surface area contributed by atoms with Crippen LogP contribution in [0.3, 0.4) is 0 Å². The third kappa shape index (κ3) is 3.98. The summed E-state index contributed by atoms with van der Waals surface area (Å²) in [4.78, 5) is 12.2. The number of fused-ring (bicyclic) bond motifs is 1. The molecule has 120 valence electrons. The fraction of sp³-hybridized carbons (Fsp3) is 0.278. The van der Waals surface area contributed by atoms with Crippen molar-refractivity contribution in [2.75, 3.05) is 6.61 Å². The molecule has 0 heterocycles. The number of benzene rings is 2. The molecular formula is C18H17Cl2NO2. The first-order valence-electron chi connectivity index (χ1n) is 7.58. The first-order chi connectivity index (χ1) is 11.1. The smallest absolute Gasteiger partial charge is 0.258 e. The van der Waals surface area contributed by atoms with E-state index in [0.29, 0.717) is 15.8 Å². The summed E-state index contributed by atoms with van der Waals surface area (Å²) >= 11 is 11.8. The Labute approximate surface area is 145 Å². The van der Waals surface area contributed by atoms with Crippen LogP contribution in [0.15, 0.2) is 42.5 Å². The second-order valence-electron chi connectivity index (χ2n) is 5.58. The van der Waals surface area contributed by atoms with Crippen LogP contribution < -0.4 is 10.1 Å². The monoisotopic (exact) mass is 349 g/mol. The molecule has 0 unspecified atom stereocenters. The molecule has 5 heteroatoms. The van der Waals surface area contributed by atoms with Gasteiger partial charge < -0.3 is 10.1 Å². The van der Waals surface area contributed by atoms with Crippen LogP contribution in [0.2, 0.25) is 10.0 Å². The van der Waals surface area contributed by atoms with Gasteiger partial charge in [0, 0.05) is 6.07 Å². The molecule has 0 aliphatic heterocycles. The highest BCUT2D eigenvalue weighted by Gasteiger charge is 2.21. The third-order valence-corrected chi connectivity index (χ3v) is 4.70. The summed E-state index contributed by atoms with van der Waals surface area (Å²) in [6, 6.07) is 13.3. The zero-order valence-electron chi connectivity index (χ0n) is 12.5. The minimum absolute atomic E-state index is 0.0450. The highest BCUT2D eigenvalue weighted by Crippen LogP contribution is 2.29. The van der Waals surface area contributed by atoms with Crippen molar-refractivity contribution in [2.24, 2.45) is 0 Å². The molecule has 0 radical (unpaired) electrons. The van der Waals surface area contributed by atoms with Gasteiger partial charge in [-0.2, -0.15) is 0 Å². The minimum atomic E-state index is -0.141. The van der Waals surface area contributed by atoms with Gasteiger partial charge in [0.1, 0.15) is 5.75 Å². The van der Waals surface area contributed by atoms with Crippen LogP contribution in [0.25, 0.3) is 0 Å². The Hall–Kier alpha value is -1.71. The van der Waals surface area contributed by atoms with Crippen molar-refractivity contribution in [1.82, 2.24) is 5.32 Å². The lowest BCUT2D eigenvalue weighted by Crippen LogP contribution is -2.34. The maximum Gasteiger partial charge on any atom is 0.258 e. The predicted molar refractivity (Wildman–Crippen MR) is 92.2 cm³/mol. The summed E-state index contributed by atoms with van der Waals surface area (Å²) < 4.78 is 5.48. The molecule has 0 bridgehead atoms. The number of amides is 1. The second-order valence-corrected chi connectivity index (χ2v) is 6.39. The molecule has 1 atom stereocenters. The Morgan fingerprint density at radius 1 is 1.17 bits per heavy atom. The van der Waals surface area contributed by atoms with Gasteiger partial charge >= 0.3 is 0 Å². The van der Waals surface area contributed by atoms with Crippen molar-refractivity contribution in [3.63, 3.8) is 0 Å². The van der Waals surface area contributed by atoms with Crippen LogP contribution in [-0.2, 0) is 11.2 Å². The Balaban J connectivity index is 1.59. The van der Waals surface area contributed by atoms with E-state index in [9.17, 15) is 4.79 Å². The molecule has 23 heavy (non-hydrogen) atoms. The fourth-order valence-electron chi connectivity index (χ4n) is 2.86. The van der Waals surface area contributed by atoms with Crippen molar-refractivity contribution in [3.05, 3.63) is 63.6 Å². The molecule has 1 N–H and O–H groups in total. The second kappa shape index (κ2) is 7.24. The molecular weight excluding hydrogens is 333 g/mol. The number of carbonyl (C=O) groups is 1. The van der Waals surface area contributed by atoms with Crippen LogP contribution in [0.5, 0.6) is 5.75 Å². The quantitative estimate of drug-likeness (QED) is 0.878. The van der Waals surface area contributed by atoms with E-state index in [-0.39, 0.29) is 18.6 Å². The van der Waals surface area contributed by atoms with Crippen LogP contribution in [0.4, 0.5) is 0 Å². The lowest BCUT2D eigenvalue weighted by molar-refractivity contribution is -0.123. The minimum Gasteiger partial charge on any atom is -0.484 e. The summed E-state index contributed by atoms with van der Waals surface area (Å²) in [5, 5.41) is 3.92. The molecule has 2 aromatic carbocycles. The maximum absolute atomic E-state index is 12.2. The van der Waals surface area contributed by atoms with E-state index >= 15 is 0 Å². The molecule has 2 aromatic rings. The zero-order valence-corrected chi connectivity index (χ0v) is 14.0. The number of carbonyl (C=O) groups excluding carboxylic acids is 1. The Kier molecular flexibility index (Phi) is 5.09. The first kappa shape index (κ1) is 16.2. The molecule has 0 saturated heterocycles. The molecule has 0 spiro atoms. The van der Waals surface area contributed by atoms with E-state index in [1.807, 2.05) is 12.1 Å². The molecule has 1 amide bonds. The summed E-state index contributed by atoms with van der Waals surface area (Å²) in [7, 11) is 0. The summed E-state index contributed by atoms with van der Waals surface area (Å²) in [5.74, 6) is 0.386. The van der Waals surface area contributed by atoms with Gasteiger partial charge in [-0.3, -0.25) is 4.79 Å². The number of rotatable bonds is 4. The van der Waals surface area contributed by atoms with Gasteiger partial charge in [0.25, 0.3) is 5.91 Å². The Morgan fingerprint density at radius 2 is 2.00 bits per heavy atom. The molecule has 0 fully saturated rings. The number of ether oxygens (including phenoxy) is 1. The normalized spacial score (nSPS) is 16.5. The van der Waals surface area contributed by atoms with Crippen molar-refractivity contribution in [3.8, 4) is 5.75 Å². The summed E-state index contributed by atoms with van der Waals surface area (Å²) in [6.45, 7) is -0.0450. The van der Waals surface area contributed by atoms with Crippen molar-refractivity contribution >= 4 is 29.1 Å². The van der Waals surface area contributed by atoms with Gasteiger partial charge in [-0.15, -0.1) is 0 Å². The lowest BCUT2D eigenvalue weighted by atomic mass is 9.88. The number of nitrogens with one attached hydrogen (secondary N) is 1. The third-order valence-electron chi connectivity index (χ3n) is 3.97. The number of aryl methyl sites for hydroxylation is 1. The topological polar surface area (TPSA) is 38.3 Å². The number of halogens is 2. The van der Waals surface area contributed by atoms with Gasteiger partial charge in [0.2, 0.25) is 0 Å². The van der Waals surface area contributed by atoms with Gasteiger partial charge in [-0.1, -0.05) is 47.5 Å². The Morgan fingerprint density at radius 3 is 2.83 bits per heavy atom. The van der Waals surface area contributed by atoms with Gasteiger partial charge in [-0.05, 0) is 42.5 Å². The highest BCUT2D eigenvalue weighted by atomic mass is 35.5. The van der Waals surface area contributed by atoms with Crippen LogP contribution >= 0.6 is 23.2 Å². The van der Waals surface area contributed by atoms with Crippen LogP contribution in [0.1, 0.15) is 30.0 Å². The van der Waals surface area contributed by atoms with Crippen LogP contribution in [0, 0.1) is 0 Å². The summed E-state index contributed by atoms with van der Waals surface area (Å²) in [5.41, 5.74) is 2.52. The molecule has 1 aliphatic carbocycles. The van der Waals surface area contributed by atoms with E-state index in [1.54, 1.807) is 18.2 Å². The number of hydrogen-bond donors (Lipinski definition) is 1. The number of hydrogen-bond acceptors (Lipinski definition) is 2. The molecule has 0 aromatic heterocycles. The lowest BCUT2D eigenvalue weighted by Gasteiger charge is -2.26. The molecule has 1 aliphatic rings. The maximum atomic E-state index is 12.2. The SMILES string of the molecule is O=C(COc1ccc(Cl)c(Cl)c1)N[C@@H]1CCCc2ccccc21. The molecule has 3 nitrogen and oxygen atoms in total. The zero-order chi connectivity index (χ0) is 16.2. The fourth-order valence-corrected chi connectivity index (χ4v) is 3.14. The van der Waals surface area contributed by atoms with E-state index in [1.165, 1.54) is 11.1 Å². The van der Waals surface area contributed by atoms with Gasteiger partial charge in [0.15, 0.2) is 6.61 Å². The molecule has 0 saturated carbocycles. The van der Waals surface area contributed by atoms with Gasteiger partial charge in [-0.25, -0.2) is 0 Å². The van der Waals surface area contributed by atoms with Crippen molar-refractivity contribution in [1.29, 1.82) is 0 Å². The average Bonchev–Trinajstić information content (AvgIpc) is 2.56. The van der Waals surface area contributed by atoms with Crippen molar-refractivity contribution in [2.45, 2.75) is 25.3 Å². The Bertz CT molecular complexity index is 718. The first-order valence-corrected chi connectivity index (χ1v) is 8.34. The van der Waals surface area contributed by atoms with Crippen LogP contribution in [-0.4, -0.2) is 12.5 Å². The van der Waals surface area contributed by atoms with Gasteiger partial charge in [0.05, 0.1) is 16.1 Å². The summed E-state index contributed by atoms with van der Waals surface area (Å²) in [6.07, 6.45) is 3.10. The van der Waals surface area contributed by atoms with E-state index < -0.39 is 0 Å². The van der Waals surface area contributed by atoms with E-state index in [4.69, 9.17) is 27.9 Å². The average molecular weight is 350 g/mol. The van der Waals surface area contributed by atoms with Crippen molar-refractivity contribution < 1.29 is 9.53 Å². The largest absolute Gasteiger partial charge is 0.484 e. The van der Waals surface area contributed by atoms with E-state index in [2.05, 4.69) is 17.4 Å². The standard InChI is InChI=1S/C18H17Cl2NO2/c19-15-9-8-13(10-16(15)20)23-11-18(22)21-17-7-3-5-12-4-1-2-6-14(12)17/h1-2,4,6,8-10,17H,3,5,7,11H2,(H,21,22)/t17-/m1/s1.